The summed E-state index contributed by atoms with van der Waals surface area (Å²) >= 11 is 1.88. The van der Waals surface area contributed by atoms with Gasteiger partial charge in [0.2, 0.25) is 0 Å². The summed E-state index contributed by atoms with van der Waals surface area (Å²) in [5, 5.41) is 6.75. The lowest BCUT2D eigenvalue weighted by molar-refractivity contribution is 0.416. The van der Waals surface area contributed by atoms with Crippen molar-refractivity contribution in [2.45, 2.75) is 57.4 Å². The number of hydrogen-bond acceptors (Lipinski definition) is 3. The van der Waals surface area contributed by atoms with Crippen LogP contribution in [0.5, 0.6) is 0 Å². The van der Waals surface area contributed by atoms with Gasteiger partial charge in [-0.15, -0.1) is 0 Å². The third kappa shape index (κ3) is 4.70. The fourth-order valence-electron chi connectivity index (χ4n) is 2.79. The molecule has 0 heterocycles. The van der Waals surface area contributed by atoms with Crippen LogP contribution in [-0.2, 0) is 12.3 Å². The molecule has 0 bridgehead atoms. The SMILES string of the molecule is C=C(NCc1cc(CSC)ccc1C1CCC1)NC(C)C. The van der Waals surface area contributed by atoms with E-state index in [1.54, 1.807) is 0 Å². The maximum Gasteiger partial charge on any atom is 0.0917 e. The molecule has 0 unspecified atom stereocenters. The lowest BCUT2D eigenvalue weighted by atomic mass is 9.78. The Labute approximate surface area is 133 Å². The second-order valence-electron chi connectivity index (χ2n) is 6.23. The van der Waals surface area contributed by atoms with E-state index in [0.717, 1.165) is 24.0 Å². The molecule has 0 aliphatic heterocycles. The van der Waals surface area contributed by atoms with E-state index in [-0.39, 0.29) is 0 Å². The number of nitrogens with one attached hydrogen (secondary N) is 2. The van der Waals surface area contributed by atoms with E-state index in [2.05, 4.69) is 55.5 Å². The minimum absolute atomic E-state index is 0.416. The van der Waals surface area contributed by atoms with E-state index >= 15 is 0 Å². The van der Waals surface area contributed by atoms with Gasteiger partial charge in [0.05, 0.1) is 5.82 Å². The van der Waals surface area contributed by atoms with Crippen molar-refractivity contribution in [2.75, 3.05) is 6.26 Å². The summed E-state index contributed by atoms with van der Waals surface area (Å²) in [7, 11) is 0. The summed E-state index contributed by atoms with van der Waals surface area (Å²) in [6.45, 7) is 9.18. The van der Waals surface area contributed by atoms with Crippen LogP contribution >= 0.6 is 11.8 Å². The van der Waals surface area contributed by atoms with Crippen molar-refractivity contribution in [1.29, 1.82) is 0 Å². The molecule has 1 aliphatic carbocycles. The fraction of sp³-hybridized carbons (Fsp3) is 0.556. The van der Waals surface area contributed by atoms with Crippen LogP contribution < -0.4 is 10.6 Å². The van der Waals surface area contributed by atoms with E-state index in [1.165, 1.54) is 36.0 Å². The summed E-state index contributed by atoms with van der Waals surface area (Å²) in [5.41, 5.74) is 4.40. The van der Waals surface area contributed by atoms with Crippen molar-refractivity contribution in [3.05, 3.63) is 47.3 Å². The summed E-state index contributed by atoms with van der Waals surface area (Å²) in [6.07, 6.45) is 6.23. The number of benzene rings is 1. The first-order chi connectivity index (χ1) is 10.1. The summed E-state index contributed by atoms with van der Waals surface area (Å²) in [5.74, 6) is 2.78. The average Bonchev–Trinajstić information content (AvgIpc) is 2.36. The van der Waals surface area contributed by atoms with Crippen LogP contribution in [0.4, 0.5) is 0 Å². The minimum atomic E-state index is 0.416. The van der Waals surface area contributed by atoms with Gasteiger partial charge < -0.3 is 10.6 Å². The third-order valence-electron chi connectivity index (χ3n) is 4.02. The Kier molecular flexibility index (Phi) is 6.04. The zero-order valence-electron chi connectivity index (χ0n) is 13.5. The molecule has 2 rings (SSSR count). The molecule has 21 heavy (non-hydrogen) atoms. The molecule has 1 aromatic carbocycles. The van der Waals surface area contributed by atoms with Crippen LogP contribution in [-0.4, -0.2) is 12.3 Å². The molecule has 116 valence electrons. The number of hydrogen-bond donors (Lipinski definition) is 2. The maximum absolute atomic E-state index is 4.05. The number of rotatable bonds is 8. The lowest BCUT2D eigenvalue weighted by Gasteiger charge is -2.29. The van der Waals surface area contributed by atoms with Gasteiger partial charge in [0, 0.05) is 18.3 Å². The van der Waals surface area contributed by atoms with Crippen molar-refractivity contribution in [1.82, 2.24) is 10.6 Å². The molecule has 0 atom stereocenters. The molecule has 0 radical (unpaired) electrons. The van der Waals surface area contributed by atoms with Crippen molar-refractivity contribution in [3.8, 4) is 0 Å². The van der Waals surface area contributed by atoms with Gasteiger partial charge in [-0.1, -0.05) is 31.2 Å². The number of thioether (sulfide) groups is 1. The Morgan fingerprint density at radius 1 is 1.38 bits per heavy atom. The maximum atomic E-state index is 4.05. The first-order valence-corrected chi connectivity index (χ1v) is 9.29. The molecule has 1 saturated carbocycles. The Balaban J connectivity index is 2.06. The quantitative estimate of drug-likeness (QED) is 0.745. The molecule has 2 N–H and O–H groups in total. The van der Waals surface area contributed by atoms with E-state index in [9.17, 15) is 0 Å². The Morgan fingerprint density at radius 2 is 2.14 bits per heavy atom. The van der Waals surface area contributed by atoms with Crippen LogP contribution in [0.25, 0.3) is 0 Å². The Hall–Kier alpha value is -1.09. The molecule has 1 fully saturated rings. The van der Waals surface area contributed by atoms with Gasteiger partial charge >= 0.3 is 0 Å². The molecule has 0 saturated heterocycles. The van der Waals surface area contributed by atoms with Gasteiger partial charge in [0.1, 0.15) is 0 Å². The van der Waals surface area contributed by atoms with Gasteiger partial charge in [-0.2, -0.15) is 11.8 Å². The fourth-order valence-corrected chi connectivity index (χ4v) is 3.30. The molecule has 0 aromatic heterocycles. The van der Waals surface area contributed by atoms with Crippen LogP contribution in [0.15, 0.2) is 30.6 Å². The van der Waals surface area contributed by atoms with Gasteiger partial charge in [-0.25, -0.2) is 0 Å². The predicted molar refractivity (Wildman–Crippen MR) is 94.5 cm³/mol. The minimum Gasteiger partial charge on any atom is -0.370 e. The zero-order valence-corrected chi connectivity index (χ0v) is 14.4. The second-order valence-corrected chi connectivity index (χ2v) is 7.09. The van der Waals surface area contributed by atoms with Crippen molar-refractivity contribution in [3.63, 3.8) is 0 Å². The highest BCUT2D eigenvalue weighted by Crippen LogP contribution is 2.38. The van der Waals surface area contributed by atoms with E-state index in [0.29, 0.717) is 6.04 Å². The summed E-state index contributed by atoms with van der Waals surface area (Å²) in [4.78, 5) is 0. The Morgan fingerprint density at radius 3 is 2.71 bits per heavy atom. The van der Waals surface area contributed by atoms with Crippen molar-refractivity contribution >= 4 is 11.8 Å². The highest BCUT2D eigenvalue weighted by atomic mass is 32.2. The zero-order chi connectivity index (χ0) is 15.2. The lowest BCUT2D eigenvalue weighted by Crippen LogP contribution is -2.30. The highest BCUT2D eigenvalue weighted by Gasteiger charge is 2.22. The third-order valence-corrected chi connectivity index (χ3v) is 4.64. The Bertz CT molecular complexity index is 478. The monoisotopic (exact) mass is 304 g/mol. The predicted octanol–water partition coefficient (Wildman–Crippen LogP) is 4.38. The molecule has 3 heteroatoms. The topological polar surface area (TPSA) is 24.1 Å². The first-order valence-electron chi connectivity index (χ1n) is 7.90. The molecular formula is C18H28N2S. The van der Waals surface area contributed by atoms with E-state index in [4.69, 9.17) is 0 Å². The van der Waals surface area contributed by atoms with Crippen LogP contribution in [0.2, 0.25) is 0 Å². The van der Waals surface area contributed by atoms with Gasteiger partial charge in [-0.3, -0.25) is 0 Å². The standard InChI is InChI=1S/C18H28N2S/c1-13(2)20-14(3)19-11-17-10-15(12-21-4)8-9-18(17)16-6-5-7-16/h8-10,13,16,19-20H,3,5-7,11-12H2,1-2,4H3. The van der Waals surface area contributed by atoms with Crippen LogP contribution in [0.1, 0.15) is 55.7 Å². The van der Waals surface area contributed by atoms with Gasteiger partial charge in [0.25, 0.3) is 0 Å². The van der Waals surface area contributed by atoms with Crippen molar-refractivity contribution < 1.29 is 0 Å². The molecule has 2 nitrogen and oxygen atoms in total. The van der Waals surface area contributed by atoms with Gasteiger partial charge in [-0.05, 0) is 55.6 Å². The second kappa shape index (κ2) is 7.79. The molecular weight excluding hydrogens is 276 g/mol. The molecule has 0 spiro atoms. The first kappa shape index (κ1) is 16.3. The normalized spacial score (nSPS) is 14.9. The van der Waals surface area contributed by atoms with E-state index in [1.807, 2.05) is 11.8 Å². The van der Waals surface area contributed by atoms with Crippen LogP contribution in [0.3, 0.4) is 0 Å². The summed E-state index contributed by atoms with van der Waals surface area (Å²) in [6, 6.07) is 7.44. The summed E-state index contributed by atoms with van der Waals surface area (Å²) < 4.78 is 0. The average molecular weight is 305 g/mol. The van der Waals surface area contributed by atoms with Gasteiger partial charge in [0.15, 0.2) is 0 Å². The molecule has 0 amide bonds. The van der Waals surface area contributed by atoms with Crippen molar-refractivity contribution in [2.24, 2.45) is 0 Å². The molecule has 1 aromatic rings. The van der Waals surface area contributed by atoms with E-state index < -0.39 is 0 Å². The molecule has 1 aliphatic rings. The van der Waals surface area contributed by atoms with Crippen LogP contribution in [0, 0.1) is 0 Å². The largest absolute Gasteiger partial charge is 0.370 e. The smallest absolute Gasteiger partial charge is 0.0917 e. The highest BCUT2D eigenvalue weighted by molar-refractivity contribution is 7.97.